The molecule has 3 rings (SSSR count). The Morgan fingerprint density at radius 2 is 1.87 bits per heavy atom. The summed E-state index contributed by atoms with van der Waals surface area (Å²) in [5.41, 5.74) is 5.16. The molecule has 0 N–H and O–H groups in total. The molecular formula is C20H15N3. The van der Waals surface area contributed by atoms with Crippen LogP contribution in [0.15, 0.2) is 48.5 Å². The van der Waals surface area contributed by atoms with Crippen molar-refractivity contribution >= 4 is 22.6 Å². The number of para-hydroxylation sites is 1. The number of fused-ring (bicyclic) bond motifs is 1. The van der Waals surface area contributed by atoms with Gasteiger partial charge < -0.3 is 4.57 Å². The monoisotopic (exact) mass is 297 g/mol. The van der Waals surface area contributed by atoms with Gasteiger partial charge in [-0.3, -0.25) is 0 Å². The van der Waals surface area contributed by atoms with Crippen molar-refractivity contribution in [2.24, 2.45) is 7.05 Å². The molecule has 0 saturated carbocycles. The number of allylic oxidation sites excluding steroid dienone is 1. The zero-order chi connectivity index (χ0) is 16.4. The van der Waals surface area contributed by atoms with Gasteiger partial charge in [0, 0.05) is 29.2 Å². The number of nitriles is 2. The Bertz CT molecular complexity index is 1010. The molecule has 0 saturated heterocycles. The third-order valence-corrected chi connectivity index (χ3v) is 4.16. The number of hydrogen-bond donors (Lipinski definition) is 0. The summed E-state index contributed by atoms with van der Waals surface area (Å²) in [6.07, 6.45) is 1.91. The second kappa shape index (κ2) is 5.83. The van der Waals surface area contributed by atoms with Gasteiger partial charge in [-0.15, -0.1) is 0 Å². The topological polar surface area (TPSA) is 52.5 Å². The van der Waals surface area contributed by atoms with E-state index in [1.165, 1.54) is 0 Å². The Labute approximate surface area is 135 Å². The lowest BCUT2D eigenvalue weighted by atomic mass is 10.0. The fraction of sp³-hybridized carbons (Fsp3) is 0.100. The largest absolute Gasteiger partial charge is 0.347 e. The highest BCUT2D eigenvalue weighted by molar-refractivity contribution is 5.99. The smallest absolute Gasteiger partial charge is 0.0998 e. The summed E-state index contributed by atoms with van der Waals surface area (Å²) in [4.78, 5) is 0. The number of nitrogens with zero attached hydrogens (tertiary/aromatic N) is 3. The van der Waals surface area contributed by atoms with E-state index < -0.39 is 0 Å². The van der Waals surface area contributed by atoms with Gasteiger partial charge in [0.25, 0.3) is 0 Å². The first-order valence-electron chi connectivity index (χ1n) is 7.32. The molecule has 2 aromatic carbocycles. The average Bonchev–Trinajstić information content (AvgIpc) is 2.84. The van der Waals surface area contributed by atoms with Crippen molar-refractivity contribution in [1.82, 2.24) is 4.57 Å². The van der Waals surface area contributed by atoms with E-state index in [-0.39, 0.29) is 0 Å². The summed E-state index contributed by atoms with van der Waals surface area (Å²) in [5, 5.41) is 19.7. The second-order valence-corrected chi connectivity index (χ2v) is 5.44. The average molecular weight is 297 g/mol. The molecule has 0 amide bonds. The standard InChI is InChI=1S/C20H15N3/c1-14-19(18-8-3-4-9-20(18)23(14)2)11-17(13-22)16-7-5-6-15(10-16)12-21/h3-11H,1-2H3/b17-11+. The molecule has 3 heteroatoms. The third-order valence-electron chi connectivity index (χ3n) is 4.16. The minimum Gasteiger partial charge on any atom is -0.347 e. The molecule has 3 aromatic rings. The molecular weight excluding hydrogens is 282 g/mol. The lowest BCUT2D eigenvalue weighted by molar-refractivity contribution is 0.916. The van der Waals surface area contributed by atoms with Crippen LogP contribution in [0.3, 0.4) is 0 Å². The van der Waals surface area contributed by atoms with E-state index in [2.05, 4.69) is 28.8 Å². The van der Waals surface area contributed by atoms with E-state index in [4.69, 9.17) is 5.26 Å². The van der Waals surface area contributed by atoms with Gasteiger partial charge in [-0.1, -0.05) is 30.3 Å². The van der Waals surface area contributed by atoms with E-state index in [0.29, 0.717) is 11.1 Å². The summed E-state index contributed by atoms with van der Waals surface area (Å²) < 4.78 is 2.13. The molecule has 110 valence electrons. The molecule has 0 radical (unpaired) electrons. The molecule has 0 aliphatic rings. The molecule has 0 aliphatic carbocycles. The summed E-state index contributed by atoms with van der Waals surface area (Å²) in [6, 6.07) is 19.7. The Morgan fingerprint density at radius 3 is 2.61 bits per heavy atom. The molecule has 1 aromatic heterocycles. The van der Waals surface area contributed by atoms with Crippen LogP contribution in [-0.2, 0) is 7.05 Å². The quantitative estimate of drug-likeness (QED) is 0.657. The van der Waals surface area contributed by atoms with Crippen molar-refractivity contribution in [3.8, 4) is 12.1 Å². The zero-order valence-electron chi connectivity index (χ0n) is 13.0. The molecule has 23 heavy (non-hydrogen) atoms. The highest BCUT2D eigenvalue weighted by Crippen LogP contribution is 2.29. The van der Waals surface area contributed by atoms with Crippen molar-refractivity contribution in [2.75, 3.05) is 0 Å². The van der Waals surface area contributed by atoms with Gasteiger partial charge in [0.2, 0.25) is 0 Å². The summed E-state index contributed by atoms with van der Waals surface area (Å²) in [5.74, 6) is 0. The van der Waals surface area contributed by atoms with E-state index in [1.54, 1.807) is 18.2 Å². The number of aryl methyl sites for hydroxylation is 1. The Balaban J connectivity index is 2.22. The SMILES string of the molecule is Cc1c(/C=C(\C#N)c2cccc(C#N)c2)c2ccccc2n1C. The number of benzene rings is 2. The van der Waals surface area contributed by atoms with E-state index in [9.17, 15) is 5.26 Å². The predicted molar refractivity (Wildman–Crippen MR) is 92.3 cm³/mol. The van der Waals surface area contributed by atoms with Crippen molar-refractivity contribution < 1.29 is 0 Å². The molecule has 0 unspecified atom stereocenters. The summed E-state index contributed by atoms with van der Waals surface area (Å²) in [6.45, 7) is 2.05. The van der Waals surface area contributed by atoms with Crippen LogP contribution < -0.4 is 0 Å². The molecule has 1 heterocycles. The van der Waals surface area contributed by atoms with Crippen LogP contribution in [0.5, 0.6) is 0 Å². The van der Waals surface area contributed by atoms with Crippen LogP contribution in [0, 0.1) is 29.6 Å². The van der Waals surface area contributed by atoms with Gasteiger partial charge >= 0.3 is 0 Å². The van der Waals surface area contributed by atoms with Crippen LogP contribution in [0.25, 0.3) is 22.6 Å². The van der Waals surface area contributed by atoms with E-state index >= 15 is 0 Å². The van der Waals surface area contributed by atoms with Gasteiger partial charge in [0.15, 0.2) is 0 Å². The van der Waals surface area contributed by atoms with Gasteiger partial charge in [-0.25, -0.2) is 0 Å². The highest BCUT2D eigenvalue weighted by atomic mass is 14.9. The molecule has 0 fully saturated rings. The normalized spacial score (nSPS) is 11.2. The number of aromatic nitrogens is 1. The maximum Gasteiger partial charge on any atom is 0.0998 e. The van der Waals surface area contributed by atoms with Gasteiger partial charge in [0.05, 0.1) is 23.3 Å². The predicted octanol–water partition coefficient (Wildman–Crippen LogP) is 4.42. The molecule has 0 spiro atoms. The summed E-state index contributed by atoms with van der Waals surface area (Å²) >= 11 is 0. The Hall–Kier alpha value is -3.30. The highest BCUT2D eigenvalue weighted by Gasteiger charge is 2.11. The van der Waals surface area contributed by atoms with Crippen LogP contribution in [0.2, 0.25) is 0 Å². The molecule has 0 aliphatic heterocycles. The van der Waals surface area contributed by atoms with Gasteiger partial charge in [-0.2, -0.15) is 10.5 Å². The van der Waals surface area contributed by atoms with Gasteiger partial charge in [-0.05, 0) is 36.8 Å². The Morgan fingerprint density at radius 1 is 1.09 bits per heavy atom. The lowest BCUT2D eigenvalue weighted by Gasteiger charge is -2.01. The van der Waals surface area contributed by atoms with Crippen LogP contribution >= 0.6 is 0 Å². The van der Waals surface area contributed by atoms with Gasteiger partial charge in [0.1, 0.15) is 0 Å². The Kier molecular flexibility index (Phi) is 3.71. The van der Waals surface area contributed by atoms with Crippen molar-refractivity contribution in [3.05, 3.63) is 70.9 Å². The maximum atomic E-state index is 9.57. The van der Waals surface area contributed by atoms with Crippen LogP contribution in [0.1, 0.15) is 22.4 Å². The van der Waals surface area contributed by atoms with Crippen molar-refractivity contribution in [1.29, 1.82) is 10.5 Å². The number of hydrogen-bond acceptors (Lipinski definition) is 2. The molecule has 0 atom stereocenters. The molecule has 0 bridgehead atoms. The fourth-order valence-electron chi connectivity index (χ4n) is 2.81. The third kappa shape index (κ3) is 2.50. The van der Waals surface area contributed by atoms with Crippen LogP contribution in [-0.4, -0.2) is 4.57 Å². The first-order valence-corrected chi connectivity index (χ1v) is 7.32. The minimum absolute atomic E-state index is 0.554. The van der Waals surface area contributed by atoms with Crippen LogP contribution in [0.4, 0.5) is 0 Å². The fourth-order valence-corrected chi connectivity index (χ4v) is 2.81. The van der Waals surface area contributed by atoms with Crippen molar-refractivity contribution in [2.45, 2.75) is 6.92 Å². The first-order chi connectivity index (χ1) is 11.2. The zero-order valence-corrected chi connectivity index (χ0v) is 13.0. The first kappa shape index (κ1) is 14.6. The van der Waals surface area contributed by atoms with E-state index in [0.717, 1.165) is 27.7 Å². The second-order valence-electron chi connectivity index (χ2n) is 5.44. The minimum atomic E-state index is 0.554. The lowest BCUT2D eigenvalue weighted by Crippen LogP contribution is -1.90. The van der Waals surface area contributed by atoms with E-state index in [1.807, 2.05) is 38.2 Å². The molecule has 3 nitrogen and oxygen atoms in total. The number of rotatable bonds is 2. The maximum absolute atomic E-state index is 9.57. The van der Waals surface area contributed by atoms with Crippen molar-refractivity contribution in [3.63, 3.8) is 0 Å². The summed E-state index contributed by atoms with van der Waals surface area (Å²) in [7, 11) is 2.03.